The summed E-state index contributed by atoms with van der Waals surface area (Å²) >= 11 is 0. The molecular weight excluding hydrogens is 311 g/mol. The topological polar surface area (TPSA) is 76.0 Å². The molecule has 7 heteroatoms. The van der Waals surface area contributed by atoms with Crippen LogP contribution in [0.4, 0.5) is 4.39 Å². The first-order valence-electron chi connectivity index (χ1n) is 7.83. The van der Waals surface area contributed by atoms with Gasteiger partial charge in [0, 0.05) is 13.1 Å². The van der Waals surface area contributed by atoms with Gasteiger partial charge < -0.3 is 10.6 Å². The number of aryl methyl sites for hydroxylation is 2. The Bertz CT molecular complexity index is 710. The normalized spacial score (nSPS) is 10.5. The lowest BCUT2D eigenvalue weighted by molar-refractivity contribution is -0.120. The Labute approximate surface area is 140 Å². The van der Waals surface area contributed by atoms with Crippen LogP contribution in [0, 0.1) is 12.7 Å². The van der Waals surface area contributed by atoms with Crippen molar-refractivity contribution in [2.45, 2.75) is 26.8 Å². The summed E-state index contributed by atoms with van der Waals surface area (Å²) in [5, 5.41) is 9.49. The summed E-state index contributed by atoms with van der Waals surface area (Å²) in [4.78, 5) is 23.9. The first kappa shape index (κ1) is 17.7. The predicted octanol–water partition coefficient (Wildman–Crippen LogP) is 1.44. The molecule has 24 heavy (non-hydrogen) atoms. The van der Waals surface area contributed by atoms with Crippen molar-refractivity contribution in [2.24, 2.45) is 0 Å². The van der Waals surface area contributed by atoms with Crippen molar-refractivity contribution in [1.29, 1.82) is 0 Å². The zero-order valence-corrected chi connectivity index (χ0v) is 13.8. The molecule has 1 aromatic carbocycles. The SMILES string of the molecule is CCn1nc(C)cc1C(=O)NCC(=O)NCCc1ccc(F)cc1. The van der Waals surface area contributed by atoms with Crippen LogP contribution in [0.3, 0.4) is 0 Å². The Balaban J connectivity index is 1.74. The second-order valence-electron chi connectivity index (χ2n) is 5.40. The third-order valence-electron chi connectivity index (χ3n) is 3.49. The molecule has 0 aliphatic heterocycles. The number of benzene rings is 1. The van der Waals surface area contributed by atoms with E-state index in [-0.39, 0.29) is 24.2 Å². The van der Waals surface area contributed by atoms with Gasteiger partial charge in [-0.05, 0) is 44.0 Å². The molecule has 6 nitrogen and oxygen atoms in total. The van der Waals surface area contributed by atoms with Crippen LogP contribution >= 0.6 is 0 Å². The second-order valence-corrected chi connectivity index (χ2v) is 5.40. The van der Waals surface area contributed by atoms with Gasteiger partial charge in [0.05, 0.1) is 12.2 Å². The molecule has 1 heterocycles. The van der Waals surface area contributed by atoms with Crippen molar-refractivity contribution in [3.8, 4) is 0 Å². The second kappa shape index (κ2) is 8.24. The number of carbonyl (C=O) groups is 2. The summed E-state index contributed by atoms with van der Waals surface area (Å²) in [7, 11) is 0. The van der Waals surface area contributed by atoms with Crippen LogP contribution in [0.1, 0.15) is 28.7 Å². The van der Waals surface area contributed by atoms with Crippen LogP contribution in [0.2, 0.25) is 0 Å². The van der Waals surface area contributed by atoms with E-state index in [0.29, 0.717) is 25.2 Å². The molecule has 0 aliphatic rings. The molecule has 0 aliphatic carbocycles. The lowest BCUT2D eigenvalue weighted by Gasteiger charge is -2.08. The van der Waals surface area contributed by atoms with Crippen molar-refractivity contribution < 1.29 is 14.0 Å². The summed E-state index contributed by atoms with van der Waals surface area (Å²) in [6.45, 7) is 4.61. The van der Waals surface area contributed by atoms with Crippen LogP contribution in [0.5, 0.6) is 0 Å². The average molecular weight is 332 g/mol. The minimum atomic E-state index is -0.328. The molecule has 0 spiro atoms. The Hall–Kier alpha value is -2.70. The lowest BCUT2D eigenvalue weighted by atomic mass is 10.1. The average Bonchev–Trinajstić information content (AvgIpc) is 2.95. The summed E-state index contributed by atoms with van der Waals surface area (Å²) in [5.41, 5.74) is 2.13. The summed E-state index contributed by atoms with van der Waals surface area (Å²) in [6.07, 6.45) is 0.599. The molecule has 0 fully saturated rings. The van der Waals surface area contributed by atoms with Gasteiger partial charge >= 0.3 is 0 Å². The van der Waals surface area contributed by atoms with Crippen LogP contribution < -0.4 is 10.6 Å². The zero-order chi connectivity index (χ0) is 17.5. The molecule has 2 N–H and O–H groups in total. The molecule has 0 radical (unpaired) electrons. The molecule has 2 aromatic rings. The molecule has 128 valence electrons. The maximum Gasteiger partial charge on any atom is 0.269 e. The highest BCUT2D eigenvalue weighted by molar-refractivity contribution is 5.95. The van der Waals surface area contributed by atoms with E-state index >= 15 is 0 Å². The van der Waals surface area contributed by atoms with Crippen molar-refractivity contribution in [1.82, 2.24) is 20.4 Å². The molecule has 0 saturated carbocycles. The van der Waals surface area contributed by atoms with Gasteiger partial charge in [0.2, 0.25) is 5.91 Å². The van der Waals surface area contributed by atoms with Gasteiger partial charge in [0.15, 0.2) is 0 Å². The van der Waals surface area contributed by atoms with Crippen molar-refractivity contribution in [3.63, 3.8) is 0 Å². The number of nitrogens with one attached hydrogen (secondary N) is 2. The van der Waals surface area contributed by atoms with E-state index in [1.807, 2.05) is 13.8 Å². The lowest BCUT2D eigenvalue weighted by Crippen LogP contribution is -2.38. The van der Waals surface area contributed by atoms with E-state index in [0.717, 1.165) is 11.3 Å². The van der Waals surface area contributed by atoms with Gasteiger partial charge in [-0.1, -0.05) is 12.1 Å². The first-order chi connectivity index (χ1) is 11.5. The van der Waals surface area contributed by atoms with Crippen molar-refractivity contribution in [3.05, 3.63) is 53.1 Å². The van der Waals surface area contributed by atoms with Crippen LogP contribution in [-0.2, 0) is 17.8 Å². The van der Waals surface area contributed by atoms with E-state index in [2.05, 4.69) is 15.7 Å². The van der Waals surface area contributed by atoms with E-state index in [1.165, 1.54) is 12.1 Å². The Morgan fingerprint density at radius 1 is 1.21 bits per heavy atom. The minimum Gasteiger partial charge on any atom is -0.354 e. The maximum absolute atomic E-state index is 12.8. The molecular formula is C17H21FN4O2. The van der Waals surface area contributed by atoms with Gasteiger partial charge in [0.25, 0.3) is 5.91 Å². The molecule has 2 amide bonds. The third kappa shape index (κ3) is 4.91. The van der Waals surface area contributed by atoms with Gasteiger partial charge in [-0.15, -0.1) is 0 Å². The number of hydrogen-bond donors (Lipinski definition) is 2. The van der Waals surface area contributed by atoms with E-state index < -0.39 is 0 Å². The molecule has 0 bridgehead atoms. The summed E-state index contributed by atoms with van der Waals surface area (Å²) in [6, 6.07) is 7.81. The molecule has 0 unspecified atom stereocenters. The minimum absolute atomic E-state index is 0.101. The number of hydrogen-bond acceptors (Lipinski definition) is 3. The summed E-state index contributed by atoms with van der Waals surface area (Å²) < 4.78 is 14.4. The number of halogens is 1. The molecule has 0 saturated heterocycles. The van der Waals surface area contributed by atoms with E-state index in [1.54, 1.807) is 22.9 Å². The fraction of sp³-hybridized carbons (Fsp3) is 0.353. The molecule has 1 aromatic heterocycles. The fourth-order valence-electron chi connectivity index (χ4n) is 2.28. The largest absolute Gasteiger partial charge is 0.354 e. The summed E-state index contributed by atoms with van der Waals surface area (Å²) in [5.74, 6) is -0.886. The smallest absolute Gasteiger partial charge is 0.269 e. The highest BCUT2D eigenvalue weighted by Gasteiger charge is 2.13. The quantitative estimate of drug-likeness (QED) is 0.805. The highest BCUT2D eigenvalue weighted by atomic mass is 19.1. The van der Waals surface area contributed by atoms with E-state index in [9.17, 15) is 14.0 Å². The van der Waals surface area contributed by atoms with Gasteiger partial charge in [-0.3, -0.25) is 14.3 Å². The van der Waals surface area contributed by atoms with Crippen molar-refractivity contribution in [2.75, 3.05) is 13.1 Å². The van der Waals surface area contributed by atoms with Gasteiger partial charge in [-0.2, -0.15) is 5.10 Å². The number of rotatable bonds is 7. The number of nitrogens with zero attached hydrogens (tertiary/aromatic N) is 2. The van der Waals surface area contributed by atoms with Crippen LogP contribution in [-0.4, -0.2) is 34.7 Å². The van der Waals surface area contributed by atoms with E-state index in [4.69, 9.17) is 0 Å². The zero-order valence-electron chi connectivity index (χ0n) is 13.8. The number of aromatic nitrogens is 2. The van der Waals surface area contributed by atoms with Gasteiger partial charge in [-0.25, -0.2) is 4.39 Å². The number of amides is 2. The Morgan fingerprint density at radius 2 is 1.92 bits per heavy atom. The molecule has 2 rings (SSSR count). The van der Waals surface area contributed by atoms with Crippen LogP contribution in [0.15, 0.2) is 30.3 Å². The Kier molecular flexibility index (Phi) is 6.06. The third-order valence-corrected chi connectivity index (χ3v) is 3.49. The molecule has 0 atom stereocenters. The number of carbonyl (C=O) groups excluding carboxylic acids is 2. The highest BCUT2D eigenvalue weighted by Crippen LogP contribution is 2.04. The predicted molar refractivity (Wildman–Crippen MR) is 88.1 cm³/mol. The van der Waals surface area contributed by atoms with Crippen molar-refractivity contribution >= 4 is 11.8 Å². The maximum atomic E-state index is 12.8. The monoisotopic (exact) mass is 332 g/mol. The first-order valence-corrected chi connectivity index (χ1v) is 7.83. The Morgan fingerprint density at radius 3 is 2.58 bits per heavy atom. The fourth-order valence-corrected chi connectivity index (χ4v) is 2.28. The van der Waals surface area contributed by atoms with Crippen LogP contribution in [0.25, 0.3) is 0 Å². The standard InChI is InChI=1S/C17H21FN4O2/c1-3-22-15(10-12(2)21-22)17(24)20-11-16(23)19-9-8-13-4-6-14(18)7-5-13/h4-7,10H,3,8-9,11H2,1-2H3,(H,19,23)(H,20,24). The van der Waals surface area contributed by atoms with Gasteiger partial charge in [0.1, 0.15) is 11.5 Å².